The third-order valence-corrected chi connectivity index (χ3v) is 4.15. The van der Waals surface area contributed by atoms with Crippen LogP contribution in [0.25, 0.3) is 0 Å². The van der Waals surface area contributed by atoms with E-state index in [9.17, 15) is 4.79 Å². The molecule has 1 aliphatic rings. The third-order valence-electron chi connectivity index (χ3n) is 4.15. The molecule has 1 aromatic carbocycles. The minimum atomic E-state index is -0.0255. The topological polar surface area (TPSA) is 50.4 Å². The van der Waals surface area contributed by atoms with Gasteiger partial charge in [-0.05, 0) is 51.3 Å². The lowest BCUT2D eigenvalue weighted by Gasteiger charge is -2.29. The fourth-order valence-corrected chi connectivity index (χ4v) is 2.99. The van der Waals surface area contributed by atoms with Crippen molar-refractivity contribution in [3.8, 4) is 5.75 Å². The molecular formula is C17H26N2O2. The number of hydrogen-bond donors (Lipinski definition) is 2. The summed E-state index contributed by atoms with van der Waals surface area (Å²) in [5.74, 6) is 0.613. The number of amides is 1. The number of carbonyl (C=O) groups is 1. The smallest absolute Gasteiger partial charge is 0.255 e. The van der Waals surface area contributed by atoms with Crippen LogP contribution >= 0.6 is 0 Å². The van der Waals surface area contributed by atoms with Gasteiger partial charge in [-0.15, -0.1) is 0 Å². The molecular weight excluding hydrogens is 264 g/mol. The molecule has 1 aromatic rings. The van der Waals surface area contributed by atoms with Gasteiger partial charge in [0.1, 0.15) is 5.75 Å². The number of hydrogen-bond acceptors (Lipinski definition) is 3. The normalized spacial score (nSPS) is 21.9. The van der Waals surface area contributed by atoms with E-state index in [2.05, 4.69) is 17.6 Å². The average molecular weight is 290 g/mol. The number of rotatable bonds is 5. The van der Waals surface area contributed by atoms with Gasteiger partial charge in [-0.3, -0.25) is 4.79 Å². The zero-order valence-corrected chi connectivity index (χ0v) is 13.2. The Morgan fingerprint density at radius 2 is 1.90 bits per heavy atom. The summed E-state index contributed by atoms with van der Waals surface area (Å²) in [6, 6.07) is 6.58. The number of ether oxygens (including phenoxy) is 1. The van der Waals surface area contributed by atoms with Crippen molar-refractivity contribution in [3.05, 3.63) is 29.3 Å². The first-order chi connectivity index (χ1) is 10.1. The van der Waals surface area contributed by atoms with E-state index in [4.69, 9.17) is 4.74 Å². The summed E-state index contributed by atoms with van der Waals surface area (Å²) >= 11 is 0. The number of benzene rings is 1. The first kappa shape index (κ1) is 15.8. The highest BCUT2D eigenvalue weighted by Gasteiger charge is 2.23. The molecule has 2 rings (SSSR count). The second kappa shape index (κ2) is 7.46. The second-order valence-electron chi connectivity index (χ2n) is 5.78. The van der Waals surface area contributed by atoms with E-state index in [0.717, 1.165) is 37.8 Å². The molecule has 0 aliphatic heterocycles. The van der Waals surface area contributed by atoms with Gasteiger partial charge in [0.2, 0.25) is 0 Å². The van der Waals surface area contributed by atoms with Crippen molar-refractivity contribution in [1.82, 2.24) is 10.6 Å². The van der Waals surface area contributed by atoms with Crippen molar-refractivity contribution < 1.29 is 9.53 Å². The van der Waals surface area contributed by atoms with Crippen LogP contribution in [0.5, 0.6) is 5.75 Å². The first-order valence-corrected chi connectivity index (χ1v) is 7.83. The molecule has 0 radical (unpaired) electrons. The van der Waals surface area contributed by atoms with E-state index >= 15 is 0 Å². The Morgan fingerprint density at radius 3 is 2.52 bits per heavy atom. The van der Waals surface area contributed by atoms with Crippen LogP contribution in [0.3, 0.4) is 0 Å². The predicted octanol–water partition coefficient (Wildman–Crippen LogP) is 2.65. The van der Waals surface area contributed by atoms with Crippen molar-refractivity contribution in [2.75, 3.05) is 13.7 Å². The minimum absolute atomic E-state index is 0.0255. The highest BCUT2D eigenvalue weighted by atomic mass is 16.5. The molecule has 0 aromatic heterocycles. The Morgan fingerprint density at radius 1 is 1.24 bits per heavy atom. The standard InChI is InChI=1S/C17H26N2O2/c1-4-18-13-6-8-14(9-7-13)19-17(20)15-11-12(2)5-10-16(15)21-3/h5,10-11,13-14,18H,4,6-9H2,1-3H3,(H,19,20). The lowest BCUT2D eigenvalue weighted by molar-refractivity contribution is 0.0921. The Balaban J connectivity index is 1.95. The molecule has 0 atom stereocenters. The predicted molar refractivity (Wildman–Crippen MR) is 84.9 cm³/mol. The number of methoxy groups -OCH3 is 1. The zero-order chi connectivity index (χ0) is 15.2. The van der Waals surface area contributed by atoms with E-state index in [1.54, 1.807) is 7.11 Å². The first-order valence-electron chi connectivity index (χ1n) is 7.83. The Hall–Kier alpha value is -1.55. The van der Waals surface area contributed by atoms with Crippen molar-refractivity contribution in [2.24, 2.45) is 0 Å². The summed E-state index contributed by atoms with van der Waals surface area (Å²) in [6.45, 7) is 5.14. The van der Waals surface area contributed by atoms with Gasteiger partial charge in [0.15, 0.2) is 0 Å². The summed E-state index contributed by atoms with van der Waals surface area (Å²) in [4.78, 5) is 12.4. The molecule has 4 nitrogen and oxygen atoms in total. The number of nitrogens with one attached hydrogen (secondary N) is 2. The van der Waals surface area contributed by atoms with E-state index in [0.29, 0.717) is 17.4 Å². The SMILES string of the molecule is CCNC1CCC(NC(=O)c2cc(C)ccc2OC)CC1. The second-order valence-corrected chi connectivity index (χ2v) is 5.78. The lowest BCUT2D eigenvalue weighted by atomic mass is 9.91. The van der Waals surface area contributed by atoms with Crippen molar-refractivity contribution >= 4 is 5.91 Å². The molecule has 1 saturated carbocycles. The number of aryl methyl sites for hydroxylation is 1. The van der Waals surface area contributed by atoms with Crippen LogP contribution in [-0.4, -0.2) is 31.6 Å². The van der Waals surface area contributed by atoms with E-state index in [1.807, 2.05) is 25.1 Å². The van der Waals surface area contributed by atoms with Crippen molar-refractivity contribution in [1.29, 1.82) is 0 Å². The van der Waals surface area contributed by atoms with Gasteiger partial charge in [-0.25, -0.2) is 0 Å². The van der Waals surface area contributed by atoms with Gasteiger partial charge in [0.05, 0.1) is 12.7 Å². The van der Waals surface area contributed by atoms with E-state index in [1.165, 1.54) is 0 Å². The Labute approximate surface area is 127 Å². The van der Waals surface area contributed by atoms with Crippen LogP contribution < -0.4 is 15.4 Å². The Kier molecular flexibility index (Phi) is 5.62. The van der Waals surface area contributed by atoms with Gasteiger partial charge < -0.3 is 15.4 Å². The molecule has 0 heterocycles. The zero-order valence-electron chi connectivity index (χ0n) is 13.2. The molecule has 0 saturated heterocycles. The third kappa shape index (κ3) is 4.21. The van der Waals surface area contributed by atoms with Gasteiger partial charge in [0.25, 0.3) is 5.91 Å². The monoisotopic (exact) mass is 290 g/mol. The van der Waals surface area contributed by atoms with Crippen LogP contribution in [0, 0.1) is 6.92 Å². The molecule has 21 heavy (non-hydrogen) atoms. The minimum Gasteiger partial charge on any atom is -0.496 e. The van der Waals surface area contributed by atoms with Crippen LogP contribution in [0.4, 0.5) is 0 Å². The van der Waals surface area contributed by atoms with Crippen LogP contribution in [-0.2, 0) is 0 Å². The summed E-state index contributed by atoms with van der Waals surface area (Å²) in [6.07, 6.45) is 4.34. The van der Waals surface area contributed by atoms with Crippen LogP contribution in [0.1, 0.15) is 48.5 Å². The maximum Gasteiger partial charge on any atom is 0.255 e. The molecule has 0 bridgehead atoms. The highest BCUT2D eigenvalue weighted by molar-refractivity contribution is 5.97. The van der Waals surface area contributed by atoms with Gasteiger partial charge in [0, 0.05) is 12.1 Å². The molecule has 1 aliphatic carbocycles. The van der Waals surface area contributed by atoms with Crippen LogP contribution in [0.2, 0.25) is 0 Å². The van der Waals surface area contributed by atoms with Gasteiger partial charge >= 0.3 is 0 Å². The molecule has 1 amide bonds. The summed E-state index contributed by atoms with van der Waals surface area (Å²) < 4.78 is 5.29. The average Bonchev–Trinajstić information content (AvgIpc) is 2.49. The molecule has 1 fully saturated rings. The van der Waals surface area contributed by atoms with E-state index in [-0.39, 0.29) is 11.9 Å². The Bertz CT molecular complexity index is 480. The van der Waals surface area contributed by atoms with Crippen molar-refractivity contribution in [2.45, 2.75) is 51.6 Å². The maximum atomic E-state index is 12.4. The summed E-state index contributed by atoms with van der Waals surface area (Å²) in [5.41, 5.74) is 1.70. The quantitative estimate of drug-likeness (QED) is 0.876. The van der Waals surface area contributed by atoms with Crippen LogP contribution in [0.15, 0.2) is 18.2 Å². The summed E-state index contributed by atoms with van der Waals surface area (Å²) in [7, 11) is 1.60. The largest absolute Gasteiger partial charge is 0.496 e. The fraction of sp³-hybridized carbons (Fsp3) is 0.588. The van der Waals surface area contributed by atoms with E-state index < -0.39 is 0 Å². The number of carbonyl (C=O) groups excluding carboxylic acids is 1. The lowest BCUT2D eigenvalue weighted by Crippen LogP contribution is -2.42. The molecule has 2 N–H and O–H groups in total. The molecule has 4 heteroatoms. The molecule has 0 spiro atoms. The van der Waals surface area contributed by atoms with Gasteiger partial charge in [-0.2, -0.15) is 0 Å². The molecule has 0 unspecified atom stereocenters. The summed E-state index contributed by atoms with van der Waals surface area (Å²) in [5, 5.41) is 6.64. The maximum absolute atomic E-state index is 12.4. The highest BCUT2D eigenvalue weighted by Crippen LogP contribution is 2.22. The van der Waals surface area contributed by atoms with Gasteiger partial charge in [-0.1, -0.05) is 18.6 Å². The molecule has 116 valence electrons. The fourth-order valence-electron chi connectivity index (χ4n) is 2.99. The van der Waals surface area contributed by atoms with Crippen molar-refractivity contribution in [3.63, 3.8) is 0 Å².